The summed E-state index contributed by atoms with van der Waals surface area (Å²) in [5.41, 5.74) is 0.560. The Kier molecular flexibility index (Phi) is 3.28. The fourth-order valence-electron chi connectivity index (χ4n) is 3.47. The van der Waals surface area contributed by atoms with Crippen LogP contribution in [-0.2, 0) is 14.6 Å². The second kappa shape index (κ2) is 4.84. The van der Waals surface area contributed by atoms with Gasteiger partial charge in [-0.25, -0.2) is 13.4 Å². The number of hydrogen-bond donors (Lipinski definition) is 1. The topological polar surface area (TPSA) is 76.1 Å². The van der Waals surface area contributed by atoms with Gasteiger partial charge in [0.2, 0.25) is 5.91 Å². The molecule has 0 saturated heterocycles. The molecule has 0 spiro atoms. The predicted molar refractivity (Wildman–Crippen MR) is 74.9 cm³/mol. The lowest BCUT2D eigenvalue weighted by Gasteiger charge is -2.20. The molecule has 1 heterocycles. The highest BCUT2D eigenvalue weighted by Crippen LogP contribution is 2.48. The molecule has 5 nitrogen and oxygen atoms in total. The van der Waals surface area contributed by atoms with Crippen LogP contribution in [0.1, 0.15) is 25.7 Å². The van der Waals surface area contributed by atoms with E-state index >= 15 is 0 Å². The second-order valence-corrected chi connectivity index (χ2v) is 7.89. The molecule has 0 radical (unpaired) electrons. The smallest absolute Gasteiger partial charge is 0.227 e. The standard InChI is InChI=1S/C14H18N2O3S/c1-20(18,19)13-5-4-11(8-15-13)16-14(17)12-7-9-2-3-10(12)6-9/h4-5,8-10,12H,2-3,6-7H2,1H3,(H,16,17)/t9-,10-,12-/m0/s1. The van der Waals surface area contributed by atoms with Crippen molar-refractivity contribution in [1.82, 2.24) is 4.98 Å². The zero-order valence-electron chi connectivity index (χ0n) is 11.4. The molecule has 0 aliphatic heterocycles. The van der Waals surface area contributed by atoms with E-state index in [0.717, 1.165) is 25.0 Å². The second-order valence-electron chi connectivity index (χ2n) is 5.93. The molecular formula is C14H18N2O3S. The lowest BCUT2D eigenvalue weighted by Crippen LogP contribution is -2.27. The minimum atomic E-state index is -3.29. The Labute approximate surface area is 118 Å². The van der Waals surface area contributed by atoms with Gasteiger partial charge in [0.05, 0.1) is 11.9 Å². The number of carbonyl (C=O) groups is 1. The number of rotatable bonds is 3. The number of sulfone groups is 1. The Morgan fingerprint density at radius 3 is 2.60 bits per heavy atom. The number of nitrogens with zero attached hydrogens (tertiary/aromatic N) is 1. The third-order valence-electron chi connectivity index (χ3n) is 4.46. The first-order valence-corrected chi connectivity index (χ1v) is 8.79. The minimum Gasteiger partial charge on any atom is -0.324 e. The average Bonchev–Trinajstić information content (AvgIpc) is 3.00. The largest absolute Gasteiger partial charge is 0.324 e. The van der Waals surface area contributed by atoms with Crippen LogP contribution >= 0.6 is 0 Å². The summed E-state index contributed by atoms with van der Waals surface area (Å²) in [6.07, 6.45) is 7.12. The van der Waals surface area contributed by atoms with Crippen molar-refractivity contribution in [3.05, 3.63) is 18.3 Å². The number of hydrogen-bond acceptors (Lipinski definition) is 4. The highest BCUT2D eigenvalue weighted by Gasteiger charge is 2.42. The van der Waals surface area contributed by atoms with Gasteiger partial charge in [-0.15, -0.1) is 0 Å². The highest BCUT2D eigenvalue weighted by atomic mass is 32.2. The maximum Gasteiger partial charge on any atom is 0.227 e. The van der Waals surface area contributed by atoms with Crippen molar-refractivity contribution in [3.63, 3.8) is 0 Å². The van der Waals surface area contributed by atoms with E-state index in [1.54, 1.807) is 6.07 Å². The predicted octanol–water partition coefficient (Wildman–Crippen LogP) is 1.86. The zero-order valence-corrected chi connectivity index (χ0v) is 12.2. The molecule has 20 heavy (non-hydrogen) atoms. The van der Waals surface area contributed by atoms with Crippen LogP contribution in [0.15, 0.2) is 23.4 Å². The Bertz CT molecular complexity index is 624. The number of aromatic nitrogens is 1. The van der Waals surface area contributed by atoms with E-state index in [9.17, 15) is 13.2 Å². The Morgan fingerprint density at radius 1 is 1.30 bits per heavy atom. The molecule has 0 unspecified atom stereocenters. The summed E-state index contributed by atoms with van der Waals surface area (Å²) < 4.78 is 22.6. The lowest BCUT2D eigenvalue weighted by molar-refractivity contribution is -0.121. The number of fused-ring (bicyclic) bond motifs is 2. The first kappa shape index (κ1) is 13.5. The molecule has 108 valence electrons. The molecule has 1 aromatic heterocycles. The molecule has 6 heteroatoms. The van der Waals surface area contributed by atoms with Crippen LogP contribution < -0.4 is 5.32 Å². The van der Waals surface area contributed by atoms with E-state index in [1.807, 2.05) is 0 Å². The summed E-state index contributed by atoms with van der Waals surface area (Å²) >= 11 is 0. The molecule has 1 aromatic rings. The van der Waals surface area contributed by atoms with Crippen LogP contribution in [0, 0.1) is 17.8 Å². The van der Waals surface area contributed by atoms with Gasteiger partial charge < -0.3 is 5.32 Å². The third-order valence-corrected chi connectivity index (χ3v) is 5.46. The van der Waals surface area contributed by atoms with Crippen molar-refractivity contribution in [2.75, 3.05) is 11.6 Å². The van der Waals surface area contributed by atoms with Gasteiger partial charge in [-0.1, -0.05) is 6.42 Å². The van der Waals surface area contributed by atoms with Gasteiger partial charge in [0.15, 0.2) is 14.9 Å². The van der Waals surface area contributed by atoms with Gasteiger partial charge in [-0.05, 0) is 43.2 Å². The van der Waals surface area contributed by atoms with Crippen molar-refractivity contribution in [1.29, 1.82) is 0 Å². The van der Waals surface area contributed by atoms with Crippen LogP contribution in [0.5, 0.6) is 0 Å². The summed E-state index contributed by atoms with van der Waals surface area (Å²) in [5.74, 6) is 1.42. The molecule has 1 N–H and O–H groups in total. The summed E-state index contributed by atoms with van der Waals surface area (Å²) in [7, 11) is -3.29. The van der Waals surface area contributed by atoms with Gasteiger partial charge in [0, 0.05) is 12.2 Å². The van der Waals surface area contributed by atoms with Crippen molar-refractivity contribution in [2.24, 2.45) is 17.8 Å². The fourth-order valence-corrected chi connectivity index (χ4v) is 4.03. The molecule has 2 saturated carbocycles. The maximum atomic E-state index is 12.2. The van der Waals surface area contributed by atoms with Crippen molar-refractivity contribution in [2.45, 2.75) is 30.7 Å². The van der Waals surface area contributed by atoms with Crippen LogP contribution in [0.25, 0.3) is 0 Å². The summed E-state index contributed by atoms with van der Waals surface area (Å²) in [5, 5.41) is 2.87. The number of pyridine rings is 1. The number of carbonyl (C=O) groups excluding carboxylic acids is 1. The van der Waals surface area contributed by atoms with E-state index in [-0.39, 0.29) is 16.9 Å². The van der Waals surface area contributed by atoms with Crippen LogP contribution in [0.3, 0.4) is 0 Å². The van der Waals surface area contributed by atoms with Crippen LogP contribution in [0.2, 0.25) is 0 Å². The average molecular weight is 294 g/mol. The molecule has 2 aliphatic rings. The van der Waals surface area contributed by atoms with Gasteiger partial charge in [0.1, 0.15) is 0 Å². The van der Waals surface area contributed by atoms with Gasteiger partial charge in [0.25, 0.3) is 0 Å². The lowest BCUT2D eigenvalue weighted by atomic mass is 9.88. The van der Waals surface area contributed by atoms with Crippen molar-refractivity contribution < 1.29 is 13.2 Å². The summed E-state index contributed by atoms with van der Waals surface area (Å²) in [4.78, 5) is 16.1. The summed E-state index contributed by atoms with van der Waals surface area (Å²) in [6, 6.07) is 3.01. The minimum absolute atomic E-state index is 0.0235. The van der Waals surface area contributed by atoms with Crippen LogP contribution in [0.4, 0.5) is 5.69 Å². The highest BCUT2D eigenvalue weighted by molar-refractivity contribution is 7.90. The summed E-state index contributed by atoms with van der Waals surface area (Å²) in [6.45, 7) is 0. The zero-order chi connectivity index (χ0) is 14.3. The van der Waals surface area contributed by atoms with Gasteiger partial charge >= 0.3 is 0 Å². The molecule has 0 aromatic carbocycles. The van der Waals surface area contributed by atoms with Gasteiger partial charge in [-0.2, -0.15) is 0 Å². The molecule has 1 amide bonds. The van der Waals surface area contributed by atoms with E-state index < -0.39 is 9.84 Å². The molecule has 3 rings (SSSR count). The van der Waals surface area contributed by atoms with Gasteiger partial charge in [-0.3, -0.25) is 4.79 Å². The fraction of sp³-hybridized carbons (Fsp3) is 0.571. The Morgan fingerprint density at radius 2 is 2.10 bits per heavy atom. The van der Waals surface area contributed by atoms with Crippen LogP contribution in [-0.4, -0.2) is 25.6 Å². The molecule has 3 atom stereocenters. The molecule has 2 fully saturated rings. The third kappa shape index (κ3) is 2.57. The van der Waals surface area contributed by atoms with E-state index in [0.29, 0.717) is 11.6 Å². The normalized spacial score (nSPS) is 28.6. The number of anilines is 1. The van der Waals surface area contributed by atoms with E-state index in [2.05, 4.69) is 10.3 Å². The molecule has 2 bridgehead atoms. The quantitative estimate of drug-likeness (QED) is 0.923. The molecule has 2 aliphatic carbocycles. The first-order chi connectivity index (χ1) is 9.43. The Balaban J connectivity index is 1.67. The van der Waals surface area contributed by atoms with Crippen molar-refractivity contribution in [3.8, 4) is 0 Å². The maximum absolute atomic E-state index is 12.2. The monoisotopic (exact) mass is 294 g/mol. The number of nitrogens with one attached hydrogen (secondary N) is 1. The van der Waals surface area contributed by atoms with Crippen molar-refractivity contribution >= 4 is 21.4 Å². The number of amides is 1. The first-order valence-electron chi connectivity index (χ1n) is 6.90. The molecular weight excluding hydrogens is 276 g/mol. The SMILES string of the molecule is CS(=O)(=O)c1ccc(NC(=O)[C@H]2C[C@H]3CC[C@H]2C3)cn1. The van der Waals surface area contributed by atoms with E-state index in [4.69, 9.17) is 0 Å². The van der Waals surface area contributed by atoms with E-state index in [1.165, 1.54) is 25.1 Å². The Hall–Kier alpha value is -1.43.